The van der Waals surface area contributed by atoms with Crippen LogP contribution in [-0.4, -0.2) is 22.6 Å². The normalized spacial score (nSPS) is 42.2. The molecule has 2 saturated carbocycles. The third kappa shape index (κ3) is 1.51. The second kappa shape index (κ2) is 4.26. The van der Waals surface area contributed by atoms with E-state index < -0.39 is 7.41 Å². The molecule has 0 amide bonds. The maximum Gasteiger partial charge on any atom is 0.167 e. The van der Waals surface area contributed by atoms with Gasteiger partial charge in [-0.1, -0.05) is 35.5 Å². The zero-order valence-corrected chi connectivity index (χ0v) is 14.1. The highest BCUT2D eigenvalue weighted by molar-refractivity contribution is 7.77. The van der Waals surface area contributed by atoms with Crippen LogP contribution in [0, 0.1) is 17.8 Å². The Bertz CT molecular complexity index is 775. The highest BCUT2D eigenvalue weighted by atomic mass is 31.2. The third-order valence-electron chi connectivity index (χ3n) is 7.30. The second-order valence-corrected chi connectivity index (χ2v) is 12.0. The minimum atomic E-state index is -0.878. The van der Waals surface area contributed by atoms with E-state index in [9.17, 15) is 0 Å². The SMILES string of the molecule is c1ccc(-c2cc(CN[P+]34CC5CC6CC(C3)C64C5)no2)cc1. The molecule has 1 aromatic heterocycles. The van der Waals surface area contributed by atoms with Gasteiger partial charge in [0.15, 0.2) is 5.76 Å². The monoisotopic (exact) mass is 325 g/mol. The molecular formula is C19H22N2OP+. The summed E-state index contributed by atoms with van der Waals surface area (Å²) in [5.41, 5.74) is 2.18. The molecule has 4 heteroatoms. The lowest BCUT2D eigenvalue weighted by Gasteiger charge is -2.65. The van der Waals surface area contributed by atoms with Gasteiger partial charge in [0, 0.05) is 23.5 Å². The molecule has 6 rings (SSSR count). The minimum absolute atomic E-state index is 0.795. The molecule has 1 aromatic carbocycles. The zero-order valence-electron chi connectivity index (χ0n) is 13.2. The Balaban J connectivity index is 1.21. The van der Waals surface area contributed by atoms with Crippen LogP contribution in [0.15, 0.2) is 40.9 Å². The maximum atomic E-state index is 5.56. The van der Waals surface area contributed by atoms with Crippen molar-refractivity contribution in [3.63, 3.8) is 0 Å². The first-order valence-electron chi connectivity index (χ1n) is 8.92. The smallest absolute Gasteiger partial charge is 0.167 e. The number of nitrogens with zero attached hydrogens (tertiary/aromatic N) is 1. The van der Waals surface area contributed by atoms with E-state index in [1.165, 1.54) is 12.3 Å². The first kappa shape index (κ1) is 13.1. The van der Waals surface area contributed by atoms with E-state index in [0.717, 1.165) is 46.5 Å². The lowest BCUT2D eigenvalue weighted by atomic mass is 9.65. The molecular weight excluding hydrogens is 303 g/mol. The van der Waals surface area contributed by atoms with Crippen LogP contribution in [-0.2, 0) is 6.54 Å². The Morgan fingerprint density at radius 3 is 2.91 bits per heavy atom. The van der Waals surface area contributed by atoms with E-state index in [0.29, 0.717) is 0 Å². The number of aromatic nitrogens is 1. The Hall–Kier alpha value is -1.18. The van der Waals surface area contributed by atoms with E-state index in [1.807, 2.05) is 18.2 Å². The standard InChI is InChI=1S/C19H22N2OP/c1-2-4-14(5-3-1)18-8-17(21-22-18)10-20-23-11-13-6-15-7-16(12-23)19(15,23)9-13/h1-5,8,13,15-16,20H,6-7,9-12H2/q+1. The summed E-state index contributed by atoms with van der Waals surface area (Å²) in [5, 5.41) is 9.15. The van der Waals surface area contributed by atoms with E-state index >= 15 is 0 Å². The molecule has 2 aromatic rings. The van der Waals surface area contributed by atoms with Gasteiger partial charge in [0.2, 0.25) is 0 Å². The molecule has 2 bridgehead atoms. The first-order valence-corrected chi connectivity index (χ1v) is 11.1. The van der Waals surface area contributed by atoms with Gasteiger partial charge in [0.25, 0.3) is 0 Å². The van der Waals surface area contributed by atoms with Crippen molar-refractivity contribution >= 4 is 7.41 Å². The molecule has 2 aliphatic carbocycles. The summed E-state index contributed by atoms with van der Waals surface area (Å²) in [4.78, 5) is 0. The van der Waals surface area contributed by atoms with Gasteiger partial charge in [-0.3, -0.25) is 0 Å². The molecule has 4 aliphatic rings. The molecule has 3 nitrogen and oxygen atoms in total. The summed E-state index contributed by atoms with van der Waals surface area (Å²) >= 11 is 0. The van der Waals surface area contributed by atoms with Crippen molar-refractivity contribution in [3.8, 4) is 11.3 Å². The van der Waals surface area contributed by atoms with Crippen molar-refractivity contribution in [2.45, 2.75) is 31.0 Å². The van der Waals surface area contributed by atoms with Gasteiger partial charge in [0.1, 0.15) is 10.9 Å². The fraction of sp³-hybridized carbons (Fsp3) is 0.526. The fourth-order valence-electron chi connectivity index (χ4n) is 6.51. The largest absolute Gasteiger partial charge is 0.356 e. The molecule has 1 spiro atoms. The molecule has 1 N–H and O–H groups in total. The average molecular weight is 325 g/mol. The molecule has 0 radical (unpaired) electrons. The lowest BCUT2D eigenvalue weighted by molar-refractivity contribution is 0.116. The molecule has 2 saturated heterocycles. The zero-order chi connectivity index (χ0) is 15.1. The van der Waals surface area contributed by atoms with Crippen LogP contribution in [0.2, 0.25) is 0 Å². The number of nitrogens with one attached hydrogen (secondary N) is 1. The van der Waals surface area contributed by atoms with Crippen LogP contribution < -0.4 is 5.09 Å². The van der Waals surface area contributed by atoms with Gasteiger partial charge >= 0.3 is 0 Å². The van der Waals surface area contributed by atoms with Crippen molar-refractivity contribution in [2.24, 2.45) is 17.8 Å². The van der Waals surface area contributed by atoms with Gasteiger partial charge in [-0.2, -0.15) is 5.09 Å². The molecule has 5 atom stereocenters. The van der Waals surface area contributed by atoms with Crippen molar-refractivity contribution < 1.29 is 4.52 Å². The van der Waals surface area contributed by atoms with Crippen molar-refractivity contribution in [1.82, 2.24) is 10.2 Å². The molecule has 2 aliphatic heterocycles. The van der Waals surface area contributed by atoms with Crippen LogP contribution in [0.1, 0.15) is 25.0 Å². The van der Waals surface area contributed by atoms with Crippen molar-refractivity contribution in [3.05, 3.63) is 42.1 Å². The number of fused-ring (bicyclic) bond motifs is 1. The Morgan fingerprint density at radius 2 is 2.09 bits per heavy atom. The summed E-state index contributed by atoms with van der Waals surface area (Å²) in [6, 6.07) is 12.4. The predicted octanol–water partition coefficient (Wildman–Crippen LogP) is 4.18. The quantitative estimate of drug-likeness (QED) is 0.857. The Labute approximate surface area is 137 Å². The van der Waals surface area contributed by atoms with Crippen LogP contribution in [0.4, 0.5) is 0 Å². The van der Waals surface area contributed by atoms with Gasteiger partial charge in [-0.05, 0) is 25.2 Å². The molecule has 118 valence electrons. The number of hydrogen-bond acceptors (Lipinski definition) is 3. The van der Waals surface area contributed by atoms with Gasteiger partial charge in [-0.25, -0.2) is 0 Å². The number of benzene rings is 1. The van der Waals surface area contributed by atoms with Gasteiger partial charge < -0.3 is 4.52 Å². The molecule has 5 unspecified atom stereocenters. The Kier molecular flexibility index (Phi) is 2.44. The topological polar surface area (TPSA) is 38.1 Å². The fourth-order valence-corrected chi connectivity index (χ4v) is 12.8. The van der Waals surface area contributed by atoms with Crippen LogP contribution >= 0.6 is 7.41 Å². The maximum absolute atomic E-state index is 5.56. The highest BCUT2D eigenvalue weighted by Crippen LogP contribution is 2.94. The van der Waals surface area contributed by atoms with E-state index in [1.54, 1.807) is 19.3 Å². The van der Waals surface area contributed by atoms with Crippen LogP contribution in [0.25, 0.3) is 11.3 Å². The van der Waals surface area contributed by atoms with Crippen LogP contribution in [0.5, 0.6) is 0 Å². The van der Waals surface area contributed by atoms with E-state index in [2.05, 4.69) is 28.4 Å². The summed E-state index contributed by atoms with van der Waals surface area (Å²) in [6.45, 7) is 0.901. The van der Waals surface area contributed by atoms with E-state index in [-0.39, 0.29) is 0 Å². The van der Waals surface area contributed by atoms with E-state index in [4.69, 9.17) is 4.52 Å². The first-order chi connectivity index (χ1) is 11.3. The van der Waals surface area contributed by atoms with Crippen LogP contribution in [0.3, 0.4) is 0 Å². The van der Waals surface area contributed by atoms with Crippen molar-refractivity contribution in [2.75, 3.05) is 12.3 Å². The second-order valence-electron chi connectivity index (χ2n) is 8.14. The van der Waals surface area contributed by atoms with Gasteiger partial charge in [0.05, 0.1) is 26.3 Å². The summed E-state index contributed by atoms with van der Waals surface area (Å²) in [6.07, 6.45) is 7.67. The summed E-state index contributed by atoms with van der Waals surface area (Å²) in [7, 11) is -0.878. The predicted molar refractivity (Wildman–Crippen MR) is 92.5 cm³/mol. The molecule has 4 fully saturated rings. The van der Waals surface area contributed by atoms with Gasteiger partial charge in [-0.15, -0.1) is 0 Å². The average Bonchev–Trinajstić information content (AvgIpc) is 3.22. The minimum Gasteiger partial charge on any atom is -0.356 e. The summed E-state index contributed by atoms with van der Waals surface area (Å²) in [5.74, 6) is 4.10. The Morgan fingerprint density at radius 1 is 1.17 bits per heavy atom. The lowest BCUT2D eigenvalue weighted by Crippen LogP contribution is -2.66. The molecule has 23 heavy (non-hydrogen) atoms. The summed E-state index contributed by atoms with van der Waals surface area (Å²) < 4.78 is 5.56. The highest BCUT2D eigenvalue weighted by Gasteiger charge is 2.87. The number of rotatable bonds is 4. The number of hydrogen-bond donors (Lipinski definition) is 1. The molecule has 3 heterocycles. The third-order valence-corrected chi connectivity index (χ3v) is 12.8. The van der Waals surface area contributed by atoms with Crippen molar-refractivity contribution in [1.29, 1.82) is 0 Å².